The molecule has 3 nitrogen and oxygen atoms in total. The zero-order valence-corrected chi connectivity index (χ0v) is 11.8. The van der Waals surface area contributed by atoms with Gasteiger partial charge in [0.2, 0.25) is 0 Å². The van der Waals surface area contributed by atoms with Gasteiger partial charge in [-0.25, -0.2) is 0 Å². The van der Waals surface area contributed by atoms with Crippen molar-refractivity contribution >= 4 is 17.3 Å². The van der Waals surface area contributed by atoms with E-state index in [1.807, 2.05) is 0 Å². The average Bonchev–Trinajstić information content (AvgIpc) is 2.66. The first-order valence-corrected chi connectivity index (χ1v) is 7.49. The van der Waals surface area contributed by atoms with Gasteiger partial charge < -0.3 is 10.2 Å². The lowest BCUT2D eigenvalue weighted by atomic mass is 10.2. The second-order valence-corrected chi connectivity index (χ2v) is 5.60. The van der Waals surface area contributed by atoms with E-state index in [-0.39, 0.29) is 0 Å². The number of fused-ring (bicyclic) bond motifs is 1. The van der Waals surface area contributed by atoms with Crippen LogP contribution in [0.4, 0.5) is 0 Å². The normalized spacial score (nSPS) is 25.5. The molecular formula is C13H25N3S. The molecule has 0 radical (unpaired) electrons. The summed E-state index contributed by atoms with van der Waals surface area (Å²) in [5.41, 5.74) is 0. The number of hydrogen-bond donors (Lipinski definition) is 1. The van der Waals surface area contributed by atoms with Crippen LogP contribution in [0, 0.1) is 0 Å². The van der Waals surface area contributed by atoms with Crippen molar-refractivity contribution in [3.63, 3.8) is 0 Å². The predicted octanol–water partition coefficient (Wildman–Crippen LogP) is 1.83. The fourth-order valence-electron chi connectivity index (χ4n) is 2.87. The van der Waals surface area contributed by atoms with Gasteiger partial charge in [0.25, 0.3) is 0 Å². The van der Waals surface area contributed by atoms with Crippen LogP contribution < -0.4 is 5.32 Å². The molecule has 0 aromatic carbocycles. The van der Waals surface area contributed by atoms with Crippen molar-refractivity contribution in [2.24, 2.45) is 0 Å². The predicted molar refractivity (Wildman–Crippen MR) is 76.3 cm³/mol. The van der Waals surface area contributed by atoms with Crippen molar-refractivity contribution in [2.75, 3.05) is 32.7 Å². The Balaban J connectivity index is 1.81. The number of thiocarbonyl (C=S) groups is 1. The summed E-state index contributed by atoms with van der Waals surface area (Å²) in [5, 5.41) is 4.38. The van der Waals surface area contributed by atoms with Crippen molar-refractivity contribution in [3.8, 4) is 0 Å². The molecular weight excluding hydrogens is 230 g/mol. The summed E-state index contributed by atoms with van der Waals surface area (Å²) in [4.78, 5) is 5.04. The van der Waals surface area contributed by atoms with Crippen molar-refractivity contribution in [2.45, 2.75) is 45.1 Å². The molecule has 0 bridgehead atoms. The summed E-state index contributed by atoms with van der Waals surface area (Å²) in [5.74, 6) is 0. The molecule has 0 spiro atoms. The number of nitrogens with zero attached hydrogens (tertiary/aromatic N) is 2. The van der Waals surface area contributed by atoms with Crippen molar-refractivity contribution in [1.29, 1.82) is 0 Å². The Bertz CT molecular complexity index is 257. The minimum Gasteiger partial charge on any atom is -0.363 e. The molecule has 0 saturated carbocycles. The molecule has 0 aromatic heterocycles. The van der Waals surface area contributed by atoms with Gasteiger partial charge in [0, 0.05) is 32.2 Å². The van der Waals surface area contributed by atoms with Gasteiger partial charge in [0.1, 0.15) is 0 Å². The monoisotopic (exact) mass is 255 g/mol. The molecule has 0 amide bonds. The Morgan fingerprint density at radius 1 is 1.29 bits per heavy atom. The molecule has 1 unspecified atom stereocenters. The van der Waals surface area contributed by atoms with Crippen LogP contribution in [0.25, 0.3) is 0 Å². The van der Waals surface area contributed by atoms with Crippen LogP contribution in [-0.2, 0) is 0 Å². The van der Waals surface area contributed by atoms with Crippen LogP contribution in [-0.4, -0.2) is 53.7 Å². The maximum Gasteiger partial charge on any atom is 0.168 e. The summed E-state index contributed by atoms with van der Waals surface area (Å²) in [6, 6.07) is 0.753. The van der Waals surface area contributed by atoms with E-state index in [0.29, 0.717) is 0 Å². The summed E-state index contributed by atoms with van der Waals surface area (Å²) < 4.78 is 0. The molecule has 17 heavy (non-hydrogen) atoms. The van der Waals surface area contributed by atoms with Gasteiger partial charge in [-0.3, -0.25) is 4.90 Å². The second-order valence-electron chi connectivity index (χ2n) is 5.22. The minimum atomic E-state index is 0.753. The van der Waals surface area contributed by atoms with Crippen LogP contribution in [0.3, 0.4) is 0 Å². The van der Waals surface area contributed by atoms with E-state index in [1.54, 1.807) is 0 Å². The largest absolute Gasteiger partial charge is 0.363 e. The fraction of sp³-hybridized carbons (Fsp3) is 0.923. The zero-order valence-electron chi connectivity index (χ0n) is 11.0. The lowest BCUT2D eigenvalue weighted by Gasteiger charge is -2.27. The third-order valence-corrected chi connectivity index (χ3v) is 4.30. The number of unbranched alkanes of at least 4 members (excludes halogenated alkanes) is 1. The van der Waals surface area contributed by atoms with Gasteiger partial charge in [-0.15, -0.1) is 0 Å². The van der Waals surface area contributed by atoms with Gasteiger partial charge >= 0.3 is 0 Å². The van der Waals surface area contributed by atoms with E-state index in [1.165, 1.54) is 45.2 Å². The second kappa shape index (κ2) is 6.55. The molecule has 2 saturated heterocycles. The molecule has 2 aliphatic rings. The number of hydrogen-bond acceptors (Lipinski definition) is 2. The smallest absolute Gasteiger partial charge is 0.168 e. The molecule has 2 fully saturated rings. The Morgan fingerprint density at radius 2 is 2.12 bits per heavy atom. The topological polar surface area (TPSA) is 18.5 Å². The zero-order chi connectivity index (χ0) is 12.1. The summed E-state index contributed by atoms with van der Waals surface area (Å²) >= 11 is 5.50. The SMILES string of the molecule is CCCCNC(=S)N1CCCN2CCCC2C1. The lowest BCUT2D eigenvalue weighted by molar-refractivity contribution is 0.255. The highest BCUT2D eigenvalue weighted by Gasteiger charge is 2.29. The first kappa shape index (κ1) is 13.1. The number of rotatable bonds is 3. The van der Waals surface area contributed by atoms with E-state index in [0.717, 1.165) is 30.8 Å². The minimum absolute atomic E-state index is 0.753. The van der Waals surface area contributed by atoms with Crippen molar-refractivity contribution in [3.05, 3.63) is 0 Å². The molecule has 4 heteroatoms. The Kier molecular flexibility index (Phi) is 5.04. The molecule has 98 valence electrons. The first-order chi connectivity index (χ1) is 8.31. The molecule has 1 N–H and O–H groups in total. The van der Waals surface area contributed by atoms with Gasteiger partial charge in [0.05, 0.1) is 0 Å². The lowest BCUT2D eigenvalue weighted by Crippen LogP contribution is -2.44. The highest BCUT2D eigenvalue weighted by atomic mass is 32.1. The van der Waals surface area contributed by atoms with Crippen LogP contribution in [0.2, 0.25) is 0 Å². The van der Waals surface area contributed by atoms with E-state index in [9.17, 15) is 0 Å². The van der Waals surface area contributed by atoms with Crippen LogP contribution in [0.1, 0.15) is 39.0 Å². The van der Waals surface area contributed by atoms with Crippen LogP contribution in [0.15, 0.2) is 0 Å². The summed E-state index contributed by atoms with van der Waals surface area (Å²) in [6.07, 6.45) is 6.42. The molecule has 2 aliphatic heterocycles. The van der Waals surface area contributed by atoms with Gasteiger partial charge in [-0.2, -0.15) is 0 Å². The van der Waals surface area contributed by atoms with Gasteiger partial charge in [-0.1, -0.05) is 13.3 Å². The van der Waals surface area contributed by atoms with Crippen LogP contribution in [0.5, 0.6) is 0 Å². The average molecular weight is 255 g/mol. The maximum atomic E-state index is 5.50. The van der Waals surface area contributed by atoms with E-state index in [2.05, 4.69) is 22.0 Å². The maximum absolute atomic E-state index is 5.50. The molecule has 0 aromatic rings. The first-order valence-electron chi connectivity index (χ1n) is 7.08. The summed E-state index contributed by atoms with van der Waals surface area (Å²) in [6.45, 7) is 8.07. The molecule has 1 atom stereocenters. The van der Waals surface area contributed by atoms with Crippen molar-refractivity contribution < 1.29 is 0 Å². The van der Waals surface area contributed by atoms with Crippen LogP contribution >= 0.6 is 12.2 Å². The molecule has 2 rings (SSSR count). The quantitative estimate of drug-likeness (QED) is 0.612. The summed E-state index contributed by atoms with van der Waals surface area (Å²) in [7, 11) is 0. The van der Waals surface area contributed by atoms with Crippen molar-refractivity contribution in [1.82, 2.24) is 15.1 Å². The highest BCUT2D eigenvalue weighted by Crippen LogP contribution is 2.21. The van der Waals surface area contributed by atoms with Gasteiger partial charge in [-0.05, 0) is 44.4 Å². The highest BCUT2D eigenvalue weighted by molar-refractivity contribution is 7.80. The van der Waals surface area contributed by atoms with E-state index < -0.39 is 0 Å². The standard InChI is InChI=1S/C13H25N3S/c1-2-3-7-14-13(17)16-10-5-9-15-8-4-6-12(15)11-16/h12H,2-11H2,1H3,(H,14,17). The Hall–Kier alpha value is -0.350. The third kappa shape index (κ3) is 3.55. The fourth-order valence-corrected chi connectivity index (χ4v) is 3.14. The van der Waals surface area contributed by atoms with E-state index >= 15 is 0 Å². The van der Waals surface area contributed by atoms with E-state index in [4.69, 9.17) is 12.2 Å². The van der Waals surface area contributed by atoms with Gasteiger partial charge in [0.15, 0.2) is 5.11 Å². The number of nitrogens with one attached hydrogen (secondary N) is 1. The Labute approximate surface area is 111 Å². The Morgan fingerprint density at radius 3 is 2.94 bits per heavy atom. The molecule has 2 heterocycles. The third-order valence-electron chi connectivity index (χ3n) is 3.90. The molecule has 0 aliphatic carbocycles.